The van der Waals surface area contributed by atoms with Crippen LogP contribution in [0.5, 0.6) is 0 Å². The molecule has 1 fully saturated rings. The van der Waals surface area contributed by atoms with E-state index >= 15 is 0 Å². The van der Waals surface area contributed by atoms with Crippen molar-refractivity contribution < 1.29 is 9.59 Å². The lowest BCUT2D eigenvalue weighted by Gasteiger charge is -2.39. The Bertz CT molecular complexity index is 1130. The number of aryl methyl sites for hydroxylation is 1. The van der Waals surface area contributed by atoms with Gasteiger partial charge in [-0.05, 0) is 25.0 Å². The first-order chi connectivity index (χ1) is 16.4. The zero-order chi connectivity index (χ0) is 24.1. The number of benzene rings is 2. The van der Waals surface area contributed by atoms with Crippen LogP contribution in [0.15, 0.2) is 60.7 Å². The van der Waals surface area contributed by atoms with Crippen LogP contribution in [0.3, 0.4) is 0 Å². The number of nitrogens with two attached hydrogens (primary N) is 1. The first-order valence-corrected chi connectivity index (χ1v) is 11.6. The third kappa shape index (κ3) is 5.70. The molecule has 0 unspecified atom stereocenters. The largest absolute Gasteiger partial charge is 0.368 e. The van der Waals surface area contributed by atoms with Crippen LogP contribution < -0.4 is 11.1 Å². The maximum Gasteiger partial charge on any atom is 0.238 e. The highest BCUT2D eigenvalue weighted by molar-refractivity contribution is 5.94. The average Bonchev–Trinajstić information content (AvgIpc) is 3.08. The van der Waals surface area contributed by atoms with E-state index < -0.39 is 11.9 Å². The van der Waals surface area contributed by atoms with Crippen molar-refractivity contribution in [3.05, 3.63) is 83.2 Å². The second-order valence-corrected chi connectivity index (χ2v) is 8.85. The maximum atomic E-state index is 12.9. The number of aromatic nitrogens is 2. The molecular weight excluding hydrogens is 428 g/mol. The number of hydrogen-bond donors (Lipinski definition) is 2. The van der Waals surface area contributed by atoms with Gasteiger partial charge < -0.3 is 11.1 Å². The third-order valence-electron chi connectivity index (χ3n) is 6.32. The standard InChI is InChI=1S/C26H32N6O2/c1-19-25(20(2)32(29-19)16-22-11-7-4-8-12-22)28-24(33)18-31-14-13-30(17-23(31)26(27)34)15-21-9-5-3-6-10-21/h3-12,23H,13-18H2,1-2H3,(H2,27,34)(H,28,33)/t23-/m1/s1. The van der Waals surface area contributed by atoms with Crippen LogP contribution in [0.25, 0.3) is 0 Å². The molecule has 2 aromatic carbocycles. The van der Waals surface area contributed by atoms with Gasteiger partial charge in [0.1, 0.15) is 6.04 Å². The van der Waals surface area contributed by atoms with Gasteiger partial charge in [0.2, 0.25) is 11.8 Å². The highest BCUT2D eigenvalue weighted by Crippen LogP contribution is 2.21. The summed E-state index contributed by atoms with van der Waals surface area (Å²) in [7, 11) is 0. The number of hydrogen-bond acceptors (Lipinski definition) is 5. The van der Waals surface area contributed by atoms with Gasteiger partial charge in [0.25, 0.3) is 0 Å². The minimum atomic E-state index is -0.508. The summed E-state index contributed by atoms with van der Waals surface area (Å²) in [5.41, 5.74) is 10.4. The summed E-state index contributed by atoms with van der Waals surface area (Å²) in [6, 6.07) is 19.7. The monoisotopic (exact) mass is 460 g/mol. The number of anilines is 1. The second-order valence-electron chi connectivity index (χ2n) is 8.85. The Morgan fingerprint density at radius 3 is 2.21 bits per heavy atom. The second kappa shape index (κ2) is 10.6. The van der Waals surface area contributed by atoms with E-state index in [1.807, 2.05) is 59.8 Å². The molecule has 1 aromatic heterocycles. The molecule has 0 saturated carbocycles. The summed E-state index contributed by atoms with van der Waals surface area (Å²) < 4.78 is 1.90. The van der Waals surface area contributed by atoms with Gasteiger partial charge in [-0.25, -0.2) is 0 Å². The molecule has 1 aliphatic heterocycles. The number of carbonyl (C=O) groups excluding carboxylic acids is 2. The van der Waals surface area contributed by atoms with E-state index in [2.05, 4.69) is 39.6 Å². The van der Waals surface area contributed by atoms with Gasteiger partial charge in [0.15, 0.2) is 0 Å². The third-order valence-corrected chi connectivity index (χ3v) is 6.32. The van der Waals surface area contributed by atoms with Gasteiger partial charge in [-0.3, -0.25) is 24.1 Å². The molecular formula is C26H32N6O2. The zero-order valence-corrected chi connectivity index (χ0v) is 19.8. The number of primary amides is 1. The van der Waals surface area contributed by atoms with E-state index in [0.717, 1.165) is 35.7 Å². The normalized spacial score (nSPS) is 16.9. The lowest BCUT2D eigenvalue weighted by atomic mass is 10.1. The summed E-state index contributed by atoms with van der Waals surface area (Å²) in [6.45, 7) is 7.20. The molecule has 0 aliphatic carbocycles. The number of nitrogens with one attached hydrogen (secondary N) is 1. The molecule has 8 heteroatoms. The molecule has 178 valence electrons. The minimum Gasteiger partial charge on any atom is -0.368 e. The number of rotatable bonds is 8. The number of nitrogens with zero attached hydrogens (tertiary/aromatic N) is 4. The maximum absolute atomic E-state index is 12.9. The van der Waals surface area contributed by atoms with Crippen LogP contribution >= 0.6 is 0 Å². The molecule has 4 rings (SSSR count). The van der Waals surface area contributed by atoms with Crippen molar-refractivity contribution >= 4 is 17.5 Å². The van der Waals surface area contributed by atoms with Crippen molar-refractivity contribution in [3.63, 3.8) is 0 Å². The van der Waals surface area contributed by atoms with Gasteiger partial charge >= 0.3 is 0 Å². The fraction of sp³-hybridized carbons (Fsp3) is 0.346. The minimum absolute atomic E-state index is 0.107. The SMILES string of the molecule is Cc1nn(Cc2ccccc2)c(C)c1NC(=O)CN1CCN(Cc2ccccc2)C[C@@H]1C(N)=O. The predicted molar refractivity (Wildman–Crippen MR) is 132 cm³/mol. The van der Waals surface area contributed by atoms with Crippen molar-refractivity contribution in [1.29, 1.82) is 0 Å². The summed E-state index contributed by atoms with van der Waals surface area (Å²) in [4.78, 5) is 29.2. The van der Waals surface area contributed by atoms with Crippen LogP contribution in [0, 0.1) is 13.8 Å². The molecule has 0 radical (unpaired) electrons. The molecule has 1 atom stereocenters. The van der Waals surface area contributed by atoms with E-state index in [0.29, 0.717) is 19.6 Å². The number of piperazine rings is 1. The van der Waals surface area contributed by atoms with Crippen LogP contribution in [0.4, 0.5) is 5.69 Å². The predicted octanol–water partition coefficient (Wildman–Crippen LogP) is 2.16. The quantitative estimate of drug-likeness (QED) is 0.537. The average molecular weight is 461 g/mol. The van der Waals surface area contributed by atoms with Gasteiger partial charge in [-0.15, -0.1) is 0 Å². The van der Waals surface area contributed by atoms with Crippen molar-refractivity contribution in [2.45, 2.75) is 33.0 Å². The van der Waals surface area contributed by atoms with Crippen LogP contribution in [-0.2, 0) is 22.7 Å². The Balaban J connectivity index is 1.38. The highest BCUT2D eigenvalue weighted by Gasteiger charge is 2.32. The van der Waals surface area contributed by atoms with Gasteiger partial charge in [-0.1, -0.05) is 60.7 Å². The molecule has 2 amide bonds. The van der Waals surface area contributed by atoms with Gasteiger partial charge in [0, 0.05) is 26.2 Å². The molecule has 0 bridgehead atoms. The molecule has 0 spiro atoms. The van der Waals surface area contributed by atoms with E-state index in [1.54, 1.807) is 0 Å². The van der Waals surface area contributed by atoms with E-state index in [4.69, 9.17) is 5.73 Å². The van der Waals surface area contributed by atoms with Crippen molar-refractivity contribution in [3.8, 4) is 0 Å². The molecule has 34 heavy (non-hydrogen) atoms. The number of amides is 2. The van der Waals surface area contributed by atoms with Crippen molar-refractivity contribution in [2.75, 3.05) is 31.5 Å². The first-order valence-electron chi connectivity index (χ1n) is 11.6. The topological polar surface area (TPSA) is 96.5 Å². The lowest BCUT2D eigenvalue weighted by molar-refractivity contribution is -0.127. The van der Waals surface area contributed by atoms with Gasteiger partial charge in [0.05, 0.1) is 30.2 Å². The Morgan fingerprint density at radius 1 is 0.971 bits per heavy atom. The van der Waals surface area contributed by atoms with Gasteiger partial charge in [-0.2, -0.15) is 5.10 Å². The van der Waals surface area contributed by atoms with E-state index in [9.17, 15) is 9.59 Å². The molecule has 8 nitrogen and oxygen atoms in total. The van der Waals surface area contributed by atoms with E-state index in [1.165, 1.54) is 5.56 Å². The molecule has 2 heterocycles. The Labute approximate surface area is 200 Å². The fourth-order valence-electron chi connectivity index (χ4n) is 4.47. The first kappa shape index (κ1) is 23.7. The molecule has 3 aromatic rings. The summed E-state index contributed by atoms with van der Waals surface area (Å²) >= 11 is 0. The van der Waals surface area contributed by atoms with Crippen molar-refractivity contribution in [1.82, 2.24) is 19.6 Å². The number of carbonyl (C=O) groups is 2. The molecule has 1 aliphatic rings. The Morgan fingerprint density at radius 2 is 1.59 bits per heavy atom. The molecule has 3 N–H and O–H groups in total. The fourth-order valence-corrected chi connectivity index (χ4v) is 4.47. The summed E-state index contributed by atoms with van der Waals surface area (Å²) in [5, 5.41) is 7.62. The zero-order valence-electron chi connectivity index (χ0n) is 19.8. The Kier molecular flexibility index (Phi) is 7.40. The van der Waals surface area contributed by atoms with E-state index in [-0.39, 0.29) is 12.5 Å². The summed E-state index contributed by atoms with van der Waals surface area (Å²) in [5.74, 6) is -0.582. The van der Waals surface area contributed by atoms with Crippen molar-refractivity contribution in [2.24, 2.45) is 5.73 Å². The molecule has 1 saturated heterocycles. The lowest BCUT2D eigenvalue weighted by Crippen LogP contribution is -2.59. The van der Waals surface area contributed by atoms with Crippen LogP contribution in [0.1, 0.15) is 22.5 Å². The Hall–Kier alpha value is -3.49. The van der Waals surface area contributed by atoms with Crippen LogP contribution in [0.2, 0.25) is 0 Å². The summed E-state index contributed by atoms with van der Waals surface area (Å²) in [6.07, 6.45) is 0. The highest BCUT2D eigenvalue weighted by atomic mass is 16.2. The smallest absolute Gasteiger partial charge is 0.238 e. The van der Waals surface area contributed by atoms with Crippen LogP contribution in [-0.4, -0.2) is 63.6 Å².